The number of anilines is 3. The van der Waals surface area contributed by atoms with E-state index < -0.39 is 5.82 Å². The van der Waals surface area contributed by atoms with E-state index >= 15 is 0 Å². The van der Waals surface area contributed by atoms with Crippen LogP contribution in [0, 0.1) is 17.6 Å². The first kappa shape index (κ1) is 17.5. The van der Waals surface area contributed by atoms with Crippen LogP contribution in [-0.2, 0) is 4.79 Å². The van der Waals surface area contributed by atoms with Gasteiger partial charge in [0.2, 0.25) is 0 Å². The number of benzene rings is 2. The molecular weight excluding hydrogens is 348 g/mol. The van der Waals surface area contributed by atoms with E-state index in [0.717, 1.165) is 19.5 Å². The Bertz CT molecular complexity index is 926. The van der Waals surface area contributed by atoms with Crippen molar-refractivity contribution in [3.05, 3.63) is 59.8 Å². The minimum absolute atomic E-state index is 0.192. The molecule has 0 aromatic heterocycles. The molecule has 2 aliphatic heterocycles. The summed E-state index contributed by atoms with van der Waals surface area (Å²) in [6, 6.07) is 9.41. The molecule has 4 nitrogen and oxygen atoms in total. The van der Waals surface area contributed by atoms with Gasteiger partial charge in [0.1, 0.15) is 11.6 Å². The second-order valence-electron chi connectivity index (χ2n) is 7.18. The molecule has 0 saturated carbocycles. The molecule has 27 heavy (non-hydrogen) atoms. The van der Waals surface area contributed by atoms with Gasteiger partial charge in [0.25, 0.3) is 5.91 Å². The van der Waals surface area contributed by atoms with Gasteiger partial charge in [0.15, 0.2) is 0 Å². The van der Waals surface area contributed by atoms with Gasteiger partial charge in [0, 0.05) is 30.5 Å². The lowest BCUT2D eigenvalue weighted by molar-refractivity contribution is -0.110. The van der Waals surface area contributed by atoms with Crippen LogP contribution in [0.2, 0.25) is 0 Å². The molecule has 0 bridgehead atoms. The van der Waals surface area contributed by atoms with Crippen molar-refractivity contribution in [3.8, 4) is 0 Å². The molecule has 4 rings (SSSR count). The lowest BCUT2D eigenvalue weighted by Crippen LogP contribution is -2.34. The van der Waals surface area contributed by atoms with Crippen LogP contribution < -0.4 is 15.5 Å². The fourth-order valence-electron chi connectivity index (χ4n) is 3.76. The Morgan fingerprint density at radius 3 is 2.85 bits per heavy atom. The van der Waals surface area contributed by atoms with E-state index in [2.05, 4.69) is 22.5 Å². The van der Waals surface area contributed by atoms with E-state index in [9.17, 15) is 13.6 Å². The summed E-state index contributed by atoms with van der Waals surface area (Å²) in [7, 11) is 0. The average Bonchev–Trinajstić information content (AvgIpc) is 2.96. The summed E-state index contributed by atoms with van der Waals surface area (Å²) in [5.74, 6) is -0.617. The minimum atomic E-state index is -0.473. The number of hydrogen-bond donors (Lipinski definition) is 2. The van der Waals surface area contributed by atoms with E-state index in [-0.39, 0.29) is 22.9 Å². The predicted octanol–water partition coefficient (Wildman–Crippen LogP) is 4.61. The maximum Gasteiger partial charge on any atom is 0.257 e. The molecule has 0 radical (unpaired) electrons. The SMILES string of the molecule is CC1CCCN(c2ccc(NC=C3C(=O)Nc4cccc(F)c43)cc2F)C1. The summed E-state index contributed by atoms with van der Waals surface area (Å²) in [5.41, 5.74) is 1.96. The van der Waals surface area contributed by atoms with E-state index in [1.54, 1.807) is 24.3 Å². The highest BCUT2D eigenvalue weighted by Crippen LogP contribution is 2.34. The lowest BCUT2D eigenvalue weighted by Gasteiger charge is -2.33. The normalized spacial score (nSPS) is 20.6. The van der Waals surface area contributed by atoms with E-state index in [1.807, 2.05) is 0 Å². The van der Waals surface area contributed by atoms with Crippen molar-refractivity contribution < 1.29 is 13.6 Å². The molecule has 2 aliphatic rings. The maximum atomic E-state index is 14.6. The Labute approximate surface area is 156 Å². The fraction of sp³-hybridized carbons (Fsp3) is 0.286. The molecule has 1 fully saturated rings. The number of halogens is 2. The highest BCUT2D eigenvalue weighted by Gasteiger charge is 2.27. The molecule has 2 aromatic carbocycles. The molecule has 140 valence electrons. The molecule has 1 saturated heterocycles. The molecule has 1 amide bonds. The third-order valence-corrected chi connectivity index (χ3v) is 5.10. The highest BCUT2D eigenvalue weighted by atomic mass is 19.1. The number of nitrogens with one attached hydrogen (secondary N) is 2. The highest BCUT2D eigenvalue weighted by molar-refractivity contribution is 6.31. The Morgan fingerprint density at radius 2 is 2.07 bits per heavy atom. The molecule has 2 heterocycles. The van der Waals surface area contributed by atoms with Crippen molar-refractivity contribution in [2.75, 3.05) is 28.6 Å². The summed E-state index contributed by atoms with van der Waals surface area (Å²) >= 11 is 0. The van der Waals surface area contributed by atoms with Gasteiger partial charge < -0.3 is 15.5 Å². The summed E-state index contributed by atoms with van der Waals surface area (Å²) < 4.78 is 28.7. The summed E-state index contributed by atoms with van der Waals surface area (Å²) in [5, 5.41) is 5.54. The van der Waals surface area contributed by atoms with Crippen LogP contribution in [0.25, 0.3) is 5.57 Å². The van der Waals surface area contributed by atoms with Crippen molar-refractivity contribution in [2.45, 2.75) is 19.8 Å². The average molecular weight is 369 g/mol. The van der Waals surface area contributed by atoms with Crippen LogP contribution in [0.1, 0.15) is 25.3 Å². The molecule has 2 N–H and O–H groups in total. The van der Waals surface area contributed by atoms with Crippen molar-refractivity contribution in [1.29, 1.82) is 0 Å². The standard InChI is InChI=1S/C21H21F2N3O/c1-13-4-3-9-26(12-13)19-8-7-14(10-17(19)23)24-11-15-20-16(22)5-2-6-18(20)25-21(15)27/h2,5-8,10-11,13,24H,3-4,9,12H2,1H3,(H,25,27). The third-order valence-electron chi connectivity index (χ3n) is 5.10. The van der Waals surface area contributed by atoms with Crippen molar-refractivity contribution in [1.82, 2.24) is 0 Å². The van der Waals surface area contributed by atoms with Gasteiger partial charge in [-0.1, -0.05) is 13.0 Å². The molecule has 0 spiro atoms. The molecular formula is C21H21F2N3O. The van der Waals surface area contributed by atoms with Gasteiger partial charge in [-0.15, -0.1) is 0 Å². The largest absolute Gasteiger partial charge is 0.369 e. The van der Waals surface area contributed by atoms with Gasteiger partial charge in [-0.2, -0.15) is 0 Å². The second-order valence-corrected chi connectivity index (χ2v) is 7.18. The van der Waals surface area contributed by atoms with Crippen molar-refractivity contribution >= 4 is 28.5 Å². The number of hydrogen-bond acceptors (Lipinski definition) is 3. The van der Waals surface area contributed by atoms with Gasteiger partial charge in [-0.25, -0.2) is 8.78 Å². The van der Waals surface area contributed by atoms with Crippen LogP contribution >= 0.6 is 0 Å². The van der Waals surface area contributed by atoms with E-state index in [1.165, 1.54) is 24.8 Å². The molecule has 0 aliphatic carbocycles. The zero-order valence-electron chi connectivity index (χ0n) is 15.1. The molecule has 6 heteroatoms. The first-order valence-electron chi connectivity index (χ1n) is 9.14. The lowest BCUT2D eigenvalue weighted by atomic mass is 9.99. The molecule has 1 atom stereocenters. The Kier molecular flexibility index (Phi) is 4.56. The number of amides is 1. The Balaban J connectivity index is 1.55. The zero-order valence-corrected chi connectivity index (χ0v) is 15.1. The maximum absolute atomic E-state index is 14.6. The number of rotatable bonds is 3. The van der Waals surface area contributed by atoms with E-state index in [0.29, 0.717) is 23.0 Å². The first-order chi connectivity index (χ1) is 13.0. The Hall–Kier alpha value is -2.89. The van der Waals surface area contributed by atoms with Crippen LogP contribution in [0.15, 0.2) is 42.6 Å². The zero-order chi connectivity index (χ0) is 19.0. The van der Waals surface area contributed by atoms with Crippen LogP contribution in [0.4, 0.5) is 25.8 Å². The predicted molar refractivity (Wildman–Crippen MR) is 104 cm³/mol. The quantitative estimate of drug-likeness (QED) is 0.777. The van der Waals surface area contributed by atoms with E-state index in [4.69, 9.17) is 0 Å². The van der Waals surface area contributed by atoms with Crippen LogP contribution in [-0.4, -0.2) is 19.0 Å². The number of carbonyl (C=O) groups is 1. The molecule has 2 aromatic rings. The van der Waals surface area contributed by atoms with Gasteiger partial charge in [0.05, 0.1) is 16.9 Å². The third kappa shape index (κ3) is 3.39. The second kappa shape index (κ2) is 7.02. The number of carbonyl (C=O) groups excluding carboxylic acids is 1. The van der Waals surface area contributed by atoms with Gasteiger partial charge >= 0.3 is 0 Å². The smallest absolute Gasteiger partial charge is 0.257 e. The van der Waals surface area contributed by atoms with Gasteiger partial charge in [-0.3, -0.25) is 4.79 Å². The topological polar surface area (TPSA) is 44.4 Å². The number of fused-ring (bicyclic) bond motifs is 1. The summed E-state index contributed by atoms with van der Waals surface area (Å²) in [4.78, 5) is 14.2. The molecule has 1 unspecified atom stereocenters. The van der Waals surface area contributed by atoms with Crippen LogP contribution in [0.5, 0.6) is 0 Å². The summed E-state index contributed by atoms with van der Waals surface area (Å²) in [6.45, 7) is 3.88. The first-order valence-corrected chi connectivity index (χ1v) is 9.14. The Morgan fingerprint density at radius 1 is 1.22 bits per heavy atom. The monoisotopic (exact) mass is 369 g/mol. The number of piperidine rings is 1. The van der Waals surface area contributed by atoms with Crippen molar-refractivity contribution in [2.24, 2.45) is 5.92 Å². The fourth-order valence-corrected chi connectivity index (χ4v) is 3.76. The summed E-state index contributed by atoms with van der Waals surface area (Å²) in [6.07, 6.45) is 3.65. The minimum Gasteiger partial charge on any atom is -0.369 e. The van der Waals surface area contributed by atoms with Crippen LogP contribution in [0.3, 0.4) is 0 Å². The van der Waals surface area contributed by atoms with Crippen molar-refractivity contribution in [3.63, 3.8) is 0 Å². The number of nitrogens with zero attached hydrogens (tertiary/aromatic N) is 1. The van der Waals surface area contributed by atoms with Gasteiger partial charge in [-0.05, 0) is 49.1 Å².